The molecule has 0 spiro atoms. The standard InChI is InChI=1S/C14H20N4O4/c1-8-11-13(16-7-15-8)18(9(2)17-11)14(19)6-22-10(5-20-3)12(14)21-4/h7,10,12,19H,5-6H2,1-4H3/t10-,12?,14-/m0/s1. The molecule has 1 fully saturated rings. The Hall–Kier alpha value is -1.61. The maximum Gasteiger partial charge on any atom is 0.197 e. The Kier molecular flexibility index (Phi) is 3.85. The first kappa shape index (κ1) is 15.3. The molecule has 3 heterocycles. The number of ether oxygens (including phenoxy) is 3. The van der Waals surface area contributed by atoms with Crippen LogP contribution in [0.4, 0.5) is 0 Å². The molecular weight excluding hydrogens is 288 g/mol. The number of hydrogen-bond donors (Lipinski definition) is 1. The lowest BCUT2D eigenvalue weighted by atomic mass is 10.1. The van der Waals surface area contributed by atoms with E-state index in [1.54, 1.807) is 18.8 Å². The Morgan fingerprint density at radius 1 is 1.41 bits per heavy atom. The smallest absolute Gasteiger partial charge is 0.197 e. The molecular formula is C14H20N4O4. The number of aliphatic hydroxyl groups is 1. The first-order valence-electron chi connectivity index (χ1n) is 7.05. The van der Waals surface area contributed by atoms with Gasteiger partial charge in [-0.1, -0.05) is 0 Å². The van der Waals surface area contributed by atoms with Crippen molar-refractivity contribution in [3.8, 4) is 0 Å². The minimum absolute atomic E-state index is 0.0783. The summed E-state index contributed by atoms with van der Waals surface area (Å²) in [5.41, 5.74) is 0.601. The Morgan fingerprint density at radius 3 is 2.86 bits per heavy atom. The third kappa shape index (κ3) is 2.11. The number of aromatic nitrogens is 4. The van der Waals surface area contributed by atoms with Gasteiger partial charge in [-0.2, -0.15) is 0 Å². The average molecular weight is 308 g/mol. The van der Waals surface area contributed by atoms with Crippen LogP contribution in [0.15, 0.2) is 6.33 Å². The van der Waals surface area contributed by atoms with Crippen LogP contribution in [0.25, 0.3) is 11.2 Å². The zero-order valence-corrected chi connectivity index (χ0v) is 13.1. The molecule has 1 aliphatic heterocycles. The Labute approximate surface area is 128 Å². The normalized spacial score (nSPS) is 28.6. The molecule has 120 valence electrons. The molecule has 0 bridgehead atoms. The maximum absolute atomic E-state index is 11.2. The van der Waals surface area contributed by atoms with E-state index in [4.69, 9.17) is 14.2 Å². The second kappa shape index (κ2) is 5.54. The van der Waals surface area contributed by atoms with Crippen LogP contribution in [0.5, 0.6) is 0 Å². The molecule has 0 aliphatic carbocycles. The average Bonchev–Trinajstić information content (AvgIpc) is 2.98. The zero-order chi connectivity index (χ0) is 15.9. The van der Waals surface area contributed by atoms with Gasteiger partial charge in [0.25, 0.3) is 0 Å². The summed E-state index contributed by atoms with van der Waals surface area (Å²) in [6, 6.07) is 0. The fourth-order valence-electron chi connectivity index (χ4n) is 3.11. The predicted octanol–water partition coefficient (Wildman–Crippen LogP) is 0.148. The van der Waals surface area contributed by atoms with E-state index in [1.807, 2.05) is 13.8 Å². The van der Waals surface area contributed by atoms with Gasteiger partial charge in [0.2, 0.25) is 0 Å². The van der Waals surface area contributed by atoms with Gasteiger partial charge >= 0.3 is 0 Å². The summed E-state index contributed by atoms with van der Waals surface area (Å²) >= 11 is 0. The summed E-state index contributed by atoms with van der Waals surface area (Å²) < 4.78 is 18.0. The predicted molar refractivity (Wildman–Crippen MR) is 77.4 cm³/mol. The van der Waals surface area contributed by atoms with Gasteiger partial charge < -0.3 is 19.3 Å². The van der Waals surface area contributed by atoms with Gasteiger partial charge in [-0.25, -0.2) is 15.0 Å². The number of imidazole rings is 1. The Bertz CT molecular complexity index is 689. The molecule has 2 aromatic heterocycles. The summed E-state index contributed by atoms with van der Waals surface area (Å²) in [7, 11) is 3.13. The Morgan fingerprint density at radius 2 is 2.18 bits per heavy atom. The van der Waals surface area contributed by atoms with Crippen molar-refractivity contribution in [2.75, 3.05) is 27.4 Å². The fraction of sp³-hybridized carbons (Fsp3) is 0.643. The van der Waals surface area contributed by atoms with Crippen LogP contribution in [0, 0.1) is 13.8 Å². The number of rotatable bonds is 4. The summed E-state index contributed by atoms with van der Waals surface area (Å²) in [4.78, 5) is 12.9. The highest BCUT2D eigenvalue weighted by Gasteiger charge is 2.52. The van der Waals surface area contributed by atoms with Crippen LogP contribution in [-0.4, -0.2) is 64.3 Å². The molecule has 22 heavy (non-hydrogen) atoms. The third-order valence-electron chi connectivity index (χ3n) is 4.07. The molecule has 2 aromatic rings. The second-order valence-corrected chi connectivity index (χ2v) is 5.47. The van der Waals surface area contributed by atoms with E-state index in [0.29, 0.717) is 23.6 Å². The number of nitrogens with zero attached hydrogens (tertiary/aromatic N) is 4. The summed E-state index contributed by atoms with van der Waals surface area (Å²) in [5, 5.41) is 11.2. The molecule has 8 heteroatoms. The van der Waals surface area contributed by atoms with Gasteiger partial charge in [0, 0.05) is 14.2 Å². The SMILES string of the molecule is COC[C@@H]1OC[C@@](O)(n2c(C)nc3c(C)ncnc32)C1OC. The molecule has 1 unspecified atom stereocenters. The van der Waals surface area contributed by atoms with E-state index in [2.05, 4.69) is 15.0 Å². The first-order chi connectivity index (χ1) is 10.5. The van der Waals surface area contributed by atoms with Crippen LogP contribution >= 0.6 is 0 Å². The molecule has 0 aromatic carbocycles. The number of aryl methyl sites for hydroxylation is 2. The summed E-state index contributed by atoms with van der Waals surface area (Å²) in [6.45, 7) is 4.09. The van der Waals surface area contributed by atoms with Crippen molar-refractivity contribution in [1.29, 1.82) is 0 Å². The van der Waals surface area contributed by atoms with Crippen LogP contribution in [0.3, 0.4) is 0 Å². The number of methoxy groups -OCH3 is 2. The number of fused-ring (bicyclic) bond motifs is 1. The van der Waals surface area contributed by atoms with Gasteiger partial charge in [-0.3, -0.25) is 4.57 Å². The lowest BCUT2D eigenvalue weighted by Gasteiger charge is -2.31. The van der Waals surface area contributed by atoms with Gasteiger partial charge in [0.15, 0.2) is 11.4 Å². The quantitative estimate of drug-likeness (QED) is 0.859. The Balaban J connectivity index is 2.14. The molecule has 3 atom stereocenters. The highest BCUT2D eigenvalue weighted by molar-refractivity contribution is 5.74. The van der Waals surface area contributed by atoms with Crippen LogP contribution in [-0.2, 0) is 19.9 Å². The lowest BCUT2D eigenvalue weighted by Crippen LogP contribution is -2.48. The van der Waals surface area contributed by atoms with Crippen molar-refractivity contribution in [2.24, 2.45) is 0 Å². The molecule has 1 N–H and O–H groups in total. The van der Waals surface area contributed by atoms with Crippen LogP contribution in [0.1, 0.15) is 11.5 Å². The number of hydrogen-bond acceptors (Lipinski definition) is 7. The van der Waals surface area contributed by atoms with E-state index in [9.17, 15) is 5.11 Å². The van der Waals surface area contributed by atoms with Crippen molar-refractivity contribution in [2.45, 2.75) is 31.8 Å². The third-order valence-corrected chi connectivity index (χ3v) is 4.07. The molecule has 0 saturated carbocycles. The minimum atomic E-state index is -1.39. The molecule has 0 radical (unpaired) electrons. The highest BCUT2D eigenvalue weighted by Crippen LogP contribution is 2.35. The van der Waals surface area contributed by atoms with Crippen molar-refractivity contribution in [3.63, 3.8) is 0 Å². The van der Waals surface area contributed by atoms with Gasteiger partial charge in [-0.05, 0) is 13.8 Å². The molecule has 8 nitrogen and oxygen atoms in total. The summed E-state index contributed by atoms with van der Waals surface area (Å²) in [6.07, 6.45) is 0.515. The fourth-order valence-corrected chi connectivity index (χ4v) is 3.11. The topological polar surface area (TPSA) is 91.5 Å². The van der Waals surface area contributed by atoms with Crippen molar-refractivity contribution in [1.82, 2.24) is 19.5 Å². The van der Waals surface area contributed by atoms with Gasteiger partial charge in [0.05, 0.1) is 18.9 Å². The van der Waals surface area contributed by atoms with Crippen molar-refractivity contribution in [3.05, 3.63) is 17.8 Å². The summed E-state index contributed by atoms with van der Waals surface area (Å²) in [5.74, 6) is 0.629. The molecule has 0 amide bonds. The highest BCUT2D eigenvalue weighted by atomic mass is 16.6. The van der Waals surface area contributed by atoms with E-state index in [1.165, 1.54) is 6.33 Å². The van der Waals surface area contributed by atoms with E-state index in [0.717, 1.165) is 5.69 Å². The maximum atomic E-state index is 11.2. The van der Waals surface area contributed by atoms with E-state index >= 15 is 0 Å². The first-order valence-corrected chi connectivity index (χ1v) is 7.05. The molecule has 1 saturated heterocycles. The van der Waals surface area contributed by atoms with Gasteiger partial charge in [0.1, 0.15) is 29.9 Å². The monoisotopic (exact) mass is 308 g/mol. The zero-order valence-electron chi connectivity index (χ0n) is 13.1. The minimum Gasteiger partial charge on any atom is -0.382 e. The van der Waals surface area contributed by atoms with E-state index in [-0.39, 0.29) is 12.7 Å². The van der Waals surface area contributed by atoms with Crippen molar-refractivity contribution >= 4 is 11.2 Å². The molecule has 1 aliphatic rings. The van der Waals surface area contributed by atoms with Crippen molar-refractivity contribution < 1.29 is 19.3 Å². The van der Waals surface area contributed by atoms with Crippen LogP contribution in [0.2, 0.25) is 0 Å². The largest absolute Gasteiger partial charge is 0.382 e. The lowest BCUT2D eigenvalue weighted by molar-refractivity contribution is -0.127. The van der Waals surface area contributed by atoms with Gasteiger partial charge in [-0.15, -0.1) is 0 Å². The van der Waals surface area contributed by atoms with E-state index < -0.39 is 11.8 Å². The van der Waals surface area contributed by atoms with Crippen LogP contribution < -0.4 is 0 Å². The second-order valence-electron chi connectivity index (χ2n) is 5.47. The molecule has 3 rings (SSSR count).